The van der Waals surface area contributed by atoms with Crippen molar-refractivity contribution in [3.63, 3.8) is 0 Å². The van der Waals surface area contributed by atoms with Crippen LogP contribution in [0.4, 0.5) is 4.79 Å². The number of amides is 3. The van der Waals surface area contributed by atoms with E-state index in [9.17, 15) is 28.8 Å². The van der Waals surface area contributed by atoms with Crippen molar-refractivity contribution >= 4 is 43.3 Å². The van der Waals surface area contributed by atoms with E-state index < -0.39 is 53.6 Å². The minimum Gasteiger partial charge on any atom is -0.462 e. The Balaban J connectivity index is 1.79. The lowest BCUT2D eigenvalue weighted by atomic mass is 9.81. The highest BCUT2D eigenvalue weighted by molar-refractivity contribution is 6.24. The Morgan fingerprint density at radius 3 is 2.42 bits per heavy atom. The maximum atomic E-state index is 14.0. The van der Waals surface area contributed by atoms with Crippen LogP contribution in [0.25, 0.3) is 0 Å². The fraction of sp³-hybridized carbons (Fsp3) is 0.389. The lowest BCUT2D eigenvalue weighted by Crippen LogP contribution is -2.38. The summed E-state index contributed by atoms with van der Waals surface area (Å²) >= 11 is 0. The van der Waals surface area contributed by atoms with Crippen LogP contribution in [0.5, 0.6) is 0 Å². The maximum absolute atomic E-state index is 14.0. The van der Waals surface area contributed by atoms with Crippen molar-refractivity contribution in [1.29, 1.82) is 0 Å². The van der Waals surface area contributed by atoms with E-state index in [4.69, 9.17) is 23.1 Å². The van der Waals surface area contributed by atoms with Gasteiger partial charge in [-0.3, -0.25) is 24.0 Å². The lowest BCUT2D eigenvalue weighted by Gasteiger charge is -2.32. The zero-order valence-corrected chi connectivity index (χ0v) is 27.5. The third kappa shape index (κ3) is 8.67. The van der Waals surface area contributed by atoms with Gasteiger partial charge in [-0.1, -0.05) is 63.3 Å². The molecule has 6 atom stereocenters. The smallest absolute Gasteiger partial charge is 0.405 e. The summed E-state index contributed by atoms with van der Waals surface area (Å²) in [7, 11) is 5.59. The fourth-order valence-electron chi connectivity index (χ4n) is 6.57. The summed E-state index contributed by atoms with van der Waals surface area (Å²) in [6.07, 6.45) is 5.68. The lowest BCUT2D eigenvalue weighted by molar-refractivity contribution is -0.151. The quantitative estimate of drug-likeness (QED) is 0.186. The Morgan fingerprint density at radius 2 is 1.75 bits per heavy atom. The Morgan fingerprint density at radius 1 is 1.04 bits per heavy atom. The van der Waals surface area contributed by atoms with E-state index >= 15 is 0 Å². The van der Waals surface area contributed by atoms with Crippen LogP contribution >= 0.6 is 0 Å². The van der Waals surface area contributed by atoms with E-state index in [1.807, 2.05) is 26.8 Å². The second kappa shape index (κ2) is 15.7. The SMILES string of the molecule is [B]CC(=O)O[C@@H]1[C@@H](C)/C=C(\C)[C@H](OC(N)=O)[C@@H]2C=CC=C(C2)C(=O)NC2=CC(=O)C(NC(=O)c3ccccc3)=C(C[C@@H](C)C[C@@H]1C)C2=O. The zero-order chi connectivity index (χ0) is 35.1. The second-order valence-electron chi connectivity index (χ2n) is 12.6. The number of Topliss-reactive ketones (excluding diaryl/α,β-unsaturated/α-hetero) is 1. The molecule has 0 fully saturated rings. The number of fused-ring (bicyclic) bond motifs is 4. The number of allylic oxidation sites excluding steroid dienone is 4. The highest BCUT2D eigenvalue weighted by Gasteiger charge is 2.36. The van der Waals surface area contributed by atoms with Gasteiger partial charge in [-0.2, -0.15) is 0 Å². The molecule has 0 spiro atoms. The molecule has 4 bridgehead atoms. The standard InChI is InChI=1S/C36H40BN3O8/c1-19-13-20(2)32(47-29(42)18-37)21(3)15-22(4)33(48-36(38)46)24-11-8-12-25(16-24)35(45)39-27-17-28(41)30(26(14-19)31(27)43)40-34(44)23-9-6-5-7-10-23/h5-12,15,17,19-21,24,32-33H,13-14,16,18H2,1-4H3,(H2,38,46)(H,39,45)(H,40,44)/b22-15+/t19-,20-,21-,24+,32-,33-/m0/s1. The summed E-state index contributed by atoms with van der Waals surface area (Å²) in [5.41, 5.74) is 6.33. The van der Waals surface area contributed by atoms with Gasteiger partial charge >= 0.3 is 6.09 Å². The number of primary amides is 1. The molecule has 2 aliphatic carbocycles. The molecule has 1 aromatic rings. The molecule has 4 rings (SSSR count). The van der Waals surface area contributed by atoms with Gasteiger partial charge in [0, 0.05) is 40.9 Å². The van der Waals surface area contributed by atoms with E-state index in [-0.39, 0.29) is 59.5 Å². The molecule has 3 amide bonds. The van der Waals surface area contributed by atoms with Gasteiger partial charge in [0.2, 0.25) is 11.6 Å². The third-order valence-electron chi connectivity index (χ3n) is 8.71. The summed E-state index contributed by atoms with van der Waals surface area (Å²) in [6.45, 7) is 7.43. The fourth-order valence-corrected chi connectivity index (χ4v) is 6.57. The van der Waals surface area contributed by atoms with Gasteiger partial charge in [-0.15, -0.1) is 0 Å². The Bertz CT molecular complexity index is 1640. The zero-order valence-electron chi connectivity index (χ0n) is 27.5. The van der Waals surface area contributed by atoms with Crippen LogP contribution in [0.15, 0.2) is 88.8 Å². The van der Waals surface area contributed by atoms with E-state index in [0.29, 0.717) is 17.6 Å². The first-order valence-electron chi connectivity index (χ1n) is 15.9. The number of hydrogen-bond acceptors (Lipinski definition) is 8. The molecule has 0 unspecified atom stereocenters. The minimum absolute atomic E-state index is 0.0516. The summed E-state index contributed by atoms with van der Waals surface area (Å²) in [6, 6.07) is 8.28. The molecular formula is C36H40BN3O8. The number of ether oxygens (including phenoxy) is 2. The molecule has 0 saturated heterocycles. The van der Waals surface area contributed by atoms with Gasteiger partial charge < -0.3 is 25.8 Å². The van der Waals surface area contributed by atoms with Crippen molar-refractivity contribution in [3.8, 4) is 0 Å². The minimum atomic E-state index is -1.00. The van der Waals surface area contributed by atoms with Gasteiger partial charge in [-0.25, -0.2) is 4.79 Å². The number of esters is 1. The van der Waals surface area contributed by atoms with Gasteiger partial charge in [0.1, 0.15) is 12.2 Å². The molecule has 1 aliphatic heterocycles. The molecule has 250 valence electrons. The number of ketones is 2. The van der Waals surface area contributed by atoms with E-state index in [0.717, 1.165) is 6.08 Å². The van der Waals surface area contributed by atoms with Crippen molar-refractivity contribution < 1.29 is 38.2 Å². The Hall–Kier alpha value is -5.00. The van der Waals surface area contributed by atoms with Crippen LogP contribution in [0.1, 0.15) is 57.3 Å². The molecule has 4 N–H and O–H groups in total. The molecule has 48 heavy (non-hydrogen) atoms. The van der Waals surface area contributed by atoms with Crippen LogP contribution in [-0.4, -0.2) is 55.5 Å². The summed E-state index contributed by atoms with van der Waals surface area (Å²) in [5, 5.41) is 5.24. The van der Waals surface area contributed by atoms with Crippen LogP contribution in [0.3, 0.4) is 0 Å². The normalized spacial score (nSPS) is 27.8. The van der Waals surface area contributed by atoms with E-state index in [1.54, 1.807) is 55.5 Å². The number of carbonyl (C=O) groups excluding carboxylic acids is 6. The predicted octanol–water partition coefficient (Wildman–Crippen LogP) is 3.94. The molecule has 11 nitrogen and oxygen atoms in total. The molecule has 0 aromatic heterocycles. The summed E-state index contributed by atoms with van der Waals surface area (Å²) in [4.78, 5) is 78.5. The number of hydrogen-bond donors (Lipinski definition) is 3. The van der Waals surface area contributed by atoms with Crippen molar-refractivity contribution in [2.24, 2.45) is 29.4 Å². The first kappa shape index (κ1) is 35.9. The number of benzene rings is 1. The van der Waals surface area contributed by atoms with Gasteiger partial charge in [0.05, 0.1) is 19.2 Å². The molecule has 0 saturated carbocycles. The molecule has 1 aromatic carbocycles. The van der Waals surface area contributed by atoms with E-state index in [1.165, 1.54) is 0 Å². The van der Waals surface area contributed by atoms with Crippen LogP contribution in [-0.2, 0) is 28.7 Å². The third-order valence-corrected chi connectivity index (χ3v) is 8.71. The first-order valence-corrected chi connectivity index (χ1v) is 15.9. The highest BCUT2D eigenvalue weighted by Crippen LogP contribution is 2.34. The van der Waals surface area contributed by atoms with Gasteiger partial charge in [0.15, 0.2) is 0 Å². The summed E-state index contributed by atoms with van der Waals surface area (Å²) in [5.74, 6) is -4.42. The van der Waals surface area contributed by atoms with Crippen LogP contribution < -0.4 is 16.4 Å². The average molecular weight is 654 g/mol. The van der Waals surface area contributed by atoms with Crippen molar-refractivity contribution in [2.45, 2.75) is 65.5 Å². The number of rotatable bonds is 5. The number of nitrogens with one attached hydrogen (secondary N) is 2. The average Bonchev–Trinajstić information content (AvgIpc) is 3.05. The summed E-state index contributed by atoms with van der Waals surface area (Å²) < 4.78 is 11.4. The van der Waals surface area contributed by atoms with Crippen LogP contribution in [0.2, 0.25) is 6.32 Å². The van der Waals surface area contributed by atoms with Crippen molar-refractivity contribution in [2.75, 3.05) is 0 Å². The van der Waals surface area contributed by atoms with Crippen molar-refractivity contribution in [1.82, 2.24) is 10.6 Å². The largest absolute Gasteiger partial charge is 0.462 e. The first-order chi connectivity index (χ1) is 22.8. The van der Waals surface area contributed by atoms with E-state index in [2.05, 4.69) is 10.6 Å². The van der Waals surface area contributed by atoms with Crippen molar-refractivity contribution in [3.05, 3.63) is 94.4 Å². The Labute approximate surface area is 281 Å². The van der Waals surface area contributed by atoms with Gasteiger partial charge in [-0.05, 0) is 55.7 Å². The number of carbonyl (C=O) groups is 6. The molecule has 12 heteroatoms. The monoisotopic (exact) mass is 653 g/mol. The number of nitrogens with two attached hydrogens (primary N) is 1. The molecular weight excluding hydrogens is 613 g/mol. The maximum Gasteiger partial charge on any atom is 0.405 e. The molecule has 3 aliphatic rings. The van der Waals surface area contributed by atoms with Gasteiger partial charge in [0.25, 0.3) is 17.8 Å². The molecule has 1 heterocycles. The highest BCUT2D eigenvalue weighted by atomic mass is 16.6. The second-order valence-corrected chi connectivity index (χ2v) is 12.6. The predicted molar refractivity (Wildman–Crippen MR) is 178 cm³/mol. The Kier molecular flexibility index (Phi) is 11.7. The molecule has 2 radical (unpaired) electrons. The topological polar surface area (TPSA) is 171 Å². The van der Waals surface area contributed by atoms with Crippen LogP contribution in [0, 0.1) is 23.7 Å².